The first kappa shape index (κ1) is 30.3. The van der Waals surface area contributed by atoms with Crippen molar-refractivity contribution in [3.63, 3.8) is 0 Å². The molecular formula is C34H40FNO5. The lowest BCUT2D eigenvalue weighted by atomic mass is 9.87. The summed E-state index contributed by atoms with van der Waals surface area (Å²) in [6.45, 7) is 12.3. The van der Waals surface area contributed by atoms with Crippen LogP contribution in [0.25, 0.3) is 11.1 Å². The minimum Gasteiger partial charge on any atom is -0.456 e. The summed E-state index contributed by atoms with van der Waals surface area (Å²) in [6.07, 6.45) is 0.0154. The molecule has 2 atom stereocenters. The molecule has 2 unspecified atom stereocenters. The molecule has 1 amide bonds. The van der Waals surface area contributed by atoms with E-state index >= 15 is 0 Å². The molecule has 0 radical (unpaired) electrons. The summed E-state index contributed by atoms with van der Waals surface area (Å²) >= 11 is 0. The Hall–Kier alpha value is -3.71. The highest BCUT2D eigenvalue weighted by atomic mass is 19.1. The highest BCUT2D eigenvalue weighted by Gasteiger charge is 2.35. The van der Waals surface area contributed by atoms with Gasteiger partial charge in [0.15, 0.2) is 0 Å². The number of piperidine rings is 1. The minimum absolute atomic E-state index is 0.00858. The molecule has 3 aromatic rings. The number of likely N-dealkylation sites (tertiary alicyclic amines) is 1. The Kier molecular flexibility index (Phi) is 9.17. The monoisotopic (exact) mass is 561 g/mol. The van der Waals surface area contributed by atoms with Crippen molar-refractivity contribution in [2.45, 2.75) is 77.8 Å². The van der Waals surface area contributed by atoms with Crippen LogP contribution in [0.2, 0.25) is 0 Å². The fourth-order valence-electron chi connectivity index (χ4n) is 4.90. The highest BCUT2D eigenvalue weighted by Crippen LogP contribution is 2.32. The molecule has 218 valence electrons. The number of ether oxygens (including phenoxy) is 3. The Bertz CT molecular complexity index is 1340. The number of carbonyl (C=O) groups excluding carboxylic acids is 2. The van der Waals surface area contributed by atoms with E-state index in [9.17, 15) is 14.0 Å². The first-order valence-electron chi connectivity index (χ1n) is 14.1. The summed E-state index contributed by atoms with van der Waals surface area (Å²) in [5.41, 5.74) is 2.96. The van der Waals surface area contributed by atoms with Gasteiger partial charge in [-0.05, 0) is 88.4 Å². The van der Waals surface area contributed by atoms with Crippen LogP contribution < -0.4 is 0 Å². The predicted molar refractivity (Wildman–Crippen MR) is 157 cm³/mol. The molecule has 1 saturated heterocycles. The summed E-state index contributed by atoms with van der Waals surface area (Å²) in [5.74, 6) is -0.640. The molecule has 0 bridgehead atoms. The van der Waals surface area contributed by atoms with E-state index < -0.39 is 11.2 Å². The van der Waals surface area contributed by atoms with Crippen molar-refractivity contribution >= 4 is 12.1 Å². The average Bonchev–Trinajstić information content (AvgIpc) is 2.91. The van der Waals surface area contributed by atoms with Gasteiger partial charge in [0.25, 0.3) is 0 Å². The third-order valence-corrected chi connectivity index (χ3v) is 6.78. The Labute approximate surface area is 242 Å². The van der Waals surface area contributed by atoms with Crippen LogP contribution in [0.1, 0.15) is 75.4 Å². The van der Waals surface area contributed by atoms with Crippen LogP contribution >= 0.6 is 0 Å². The van der Waals surface area contributed by atoms with Gasteiger partial charge in [-0.1, -0.05) is 54.6 Å². The Morgan fingerprint density at radius 2 is 1.49 bits per heavy atom. The first-order valence-corrected chi connectivity index (χ1v) is 14.1. The molecule has 41 heavy (non-hydrogen) atoms. The fourth-order valence-corrected chi connectivity index (χ4v) is 4.90. The number of amides is 1. The van der Waals surface area contributed by atoms with Gasteiger partial charge in [-0.3, -0.25) is 0 Å². The van der Waals surface area contributed by atoms with Crippen molar-refractivity contribution in [2.24, 2.45) is 0 Å². The number of nitrogens with zero attached hydrogens (tertiary/aromatic N) is 1. The van der Waals surface area contributed by atoms with Crippen LogP contribution in [0, 0.1) is 5.82 Å². The lowest BCUT2D eigenvalue weighted by molar-refractivity contribution is -0.0359. The van der Waals surface area contributed by atoms with Crippen molar-refractivity contribution in [1.82, 2.24) is 4.90 Å². The average molecular weight is 562 g/mol. The van der Waals surface area contributed by atoms with Gasteiger partial charge in [0.1, 0.15) is 17.0 Å². The molecule has 3 aromatic carbocycles. The zero-order valence-electron chi connectivity index (χ0n) is 24.8. The summed E-state index contributed by atoms with van der Waals surface area (Å²) < 4.78 is 31.2. The van der Waals surface area contributed by atoms with Crippen molar-refractivity contribution in [2.75, 3.05) is 13.1 Å². The van der Waals surface area contributed by atoms with Gasteiger partial charge < -0.3 is 19.1 Å². The molecule has 1 aliphatic heterocycles. The normalized spacial score (nSPS) is 17.7. The third-order valence-electron chi connectivity index (χ3n) is 6.78. The molecule has 0 N–H and O–H groups in total. The Morgan fingerprint density at radius 1 is 0.854 bits per heavy atom. The Morgan fingerprint density at radius 3 is 2.12 bits per heavy atom. The van der Waals surface area contributed by atoms with Crippen molar-refractivity contribution in [1.29, 1.82) is 0 Å². The topological polar surface area (TPSA) is 65.1 Å². The van der Waals surface area contributed by atoms with E-state index in [4.69, 9.17) is 14.2 Å². The van der Waals surface area contributed by atoms with Crippen LogP contribution in [0.15, 0.2) is 72.8 Å². The molecule has 0 aliphatic carbocycles. The van der Waals surface area contributed by atoms with Crippen molar-refractivity contribution < 1.29 is 28.2 Å². The van der Waals surface area contributed by atoms with Crippen LogP contribution in [0.4, 0.5) is 9.18 Å². The van der Waals surface area contributed by atoms with E-state index in [0.717, 1.165) is 22.3 Å². The zero-order chi connectivity index (χ0) is 29.8. The maximum atomic E-state index is 13.6. The number of esters is 1. The van der Waals surface area contributed by atoms with Crippen molar-refractivity contribution in [3.8, 4) is 11.1 Å². The standard InChI is InChI=1S/C34H40FNO5/c1-33(2,3)40-31(37)29-10-8-7-9-27(29)24-13-11-23(12-14-24)22-39-30-21-36(32(38)41-34(4,5)6)20-19-28(30)25-15-17-26(35)18-16-25/h7-18,28,30H,19-22H2,1-6H3. The number of halogens is 1. The first-order chi connectivity index (χ1) is 19.3. The quantitative estimate of drug-likeness (QED) is 0.288. The maximum Gasteiger partial charge on any atom is 0.410 e. The molecule has 7 heteroatoms. The molecule has 1 fully saturated rings. The van der Waals surface area contributed by atoms with E-state index in [2.05, 4.69) is 0 Å². The van der Waals surface area contributed by atoms with Gasteiger partial charge >= 0.3 is 12.1 Å². The number of carbonyl (C=O) groups is 2. The minimum atomic E-state index is -0.592. The predicted octanol–water partition coefficient (Wildman–Crippen LogP) is 7.76. The van der Waals surface area contributed by atoms with E-state index in [1.165, 1.54) is 12.1 Å². The lowest BCUT2D eigenvalue weighted by Crippen LogP contribution is -2.48. The van der Waals surface area contributed by atoms with Gasteiger partial charge in [0.05, 0.1) is 24.8 Å². The zero-order valence-corrected chi connectivity index (χ0v) is 24.8. The van der Waals surface area contributed by atoms with Crippen LogP contribution in [-0.2, 0) is 20.8 Å². The Balaban J connectivity index is 1.49. The van der Waals surface area contributed by atoms with Gasteiger partial charge in [-0.25, -0.2) is 14.0 Å². The molecular weight excluding hydrogens is 521 g/mol. The second kappa shape index (κ2) is 12.4. The number of benzene rings is 3. The van der Waals surface area contributed by atoms with Gasteiger partial charge in [-0.2, -0.15) is 0 Å². The van der Waals surface area contributed by atoms with Crippen LogP contribution in [0.5, 0.6) is 0 Å². The smallest absolute Gasteiger partial charge is 0.410 e. The second-order valence-corrected chi connectivity index (χ2v) is 12.5. The van der Waals surface area contributed by atoms with E-state index in [1.54, 1.807) is 23.1 Å². The molecule has 0 spiro atoms. The SMILES string of the molecule is CC(C)(C)OC(=O)c1ccccc1-c1ccc(COC2CN(C(=O)OC(C)(C)C)CCC2c2ccc(F)cc2)cc1. The summed E-state index contributed by atoms with van der Waals surface area (Å²) in [4.78, 5) is 27.3. The maximum absolute atomic E-state index is 13.6. The molecule has 6 nitrogen and oxygen atoms in total. The summed E-state index contributed by atoms with van der Waals surface area (Å²) in [6, 6.07) is 21.8. The summed E-state index contributed by atoms with van der Waals surface area (Å²) in [5, 5.41) is 0. The van der Waals surface area contributed by atoms with E-state index in [1.807, 2.05) is 84.0 Å². The number of hydrogen-bond donors (Lipinski definition) is 0. The van der Waals surface area contributed by atoms with E-state index in [0.29, 0.717) is 31.7 Å². The third kappa shape index (κ3) is 8.40. The number of rotatable bonds is 6. The summed E-state index contributed by atoms with van der Waals surface area (Å²) in [7, 11) is 0. The van der Waals surface area contributed by atoms with Gasteiger partial charge in [0.2, 0.25) is 0 Å². The highest BCUT2D eigenvalue weighted by molar-refractivity contribution is 5.97. The fraction of sp³-hybridized carbons (Fsp3) is 0.412. The largest absolute Gasteiger partial charge is 0.456 e. The molecule has 1 aliphatic rings. The van der Waals surface area contributed by atoms with E-state index in [-0.39, 0.29) is 29.9 Å². The number of hydrogen-bond acceptors (Lipinski definition) is 5. The second-order valence-electron chi connectivity index (χ2n) is 12.5. The van der Waals surface area contributed by atoms with Gasteiger partial charge in [-0.15, -0.1) is 0 Å². The van der Waals surface area contributed by atoms with Crippen LogP contribution in [0.3, 0.4) is 0 Å². The molecule has 0 aromatic heterocycles. The molecule has 1 heterocycles. The van der Waals surface area contributed by atoms with Gasteiger partial charge in [0, 0.05) is 12.5 Å². The molecule has 4 rings (SSSR count). The molecule has 0 saturated carbocycles. The van der Waals surface area contributed by atoms with Crippen LogP contribution in [-0.4, -0.2) is 47.4 Å². The van der Waals surface area contributed by atoms with Crippen molar-refractivity contribution in [3.05, 3.63) is 95.3 Å². The lowest BCUT2D eigenvalue weighted by Gasteiger charge is -2.39.